The van der Waals surface area contributed by atoms with Gasteiger partial charge in [0, 0.05) is 106 Å². The Balaban J connectivity index is 0.883. The van der Waals surface area contributed by atoms with Gasteiger partial charge in [-0.25, -0.2) is 0 Å². The molecule has 4 heterocycles. The predicted molar refractivity (Wildman–Crippen MR) is 492 cm³/mol. The highest BCUT2D eigenvalue weighted by molar-refractivity contribution is 8.00. The first kappa shape index (κ1) is 68.3. The molecule has 4 aliphatic rings. The van der Waals surface area contributed by atoms with Crippen LogP contribution in [-0.2, 0) is 0 Å². The summed E-state index contributed by atoms with van der Waals surface area (Å²) in [6.45, 7) is -0.526. The van der Waals surface area contributed by atoms with Crippen LogP contribution < -0.4 is 57.3 Å². The highest BCUT2D eigenvalue weighted by atomic mass is 32.2. The van der Waals surface area contributed by atoms with Crippen molar-refractivity contribution in [1.82, 2.24) is 0 Å². The topological polar surface area (TPSA) is 16.2 Å². The number of hydrogen-bond donors (Lipinski definition) is 0. The molecule has 116 heavy (non-hydrogen) atoms. The minimum Gasteiger partial charge on any atom is -0.310 e. The third kappa shape index (κ3) is 11.5. The summed E-state index contributed by atoms with van der Waals surface area (Å²) in [7, 11) is 0. The van der Waals surface area contributed by atoms with Crippen LogP contribution in [0.5, 0.6) is 0 Å². The van der Waals surface area contributed by atoms with Crippen molar-refractivity contribution in [2.75, 3.05) is 24.5 Å². The molecule has 0 atom stereocenters. The molecule has 0 radical (unpaired) electrons. The van der Waals surface area contributed by atoms with Gasteiger partial charge in [0.2, 0.25) is 6.71 Å². The third-order valence-electron chi connectivity index (χ3n) is 23.6. The van der Waals surface area contributed by atoms with E-state index in [0.717, 1.165) is 152 Å². The predicted octanol–water partition coefficient (Wildman–Crippen LogP) is 25.5. The van der Waals surface area contributed by atoms with E-state index >= 15 is 0 Å². The van der Waals surface area contributed by atoms with Gasteiger partial charge in [0.05, 0.1) is 22.7 Å². The van der Waals surface area contributed by atoms with Gasteiger partial charge in [-0.05, 0) is 152 Å². The SMILES string of the molecule is c1ccc(-c2cccc(-c3ccccc3)c2N2c3ccccc3B3c4cc5c(cc4Sc4cc(N(c6ccccc6)c6ccccc6)cc2c43)N(c2c(-c3ccccc3)cccc2-c2ccccc2)c2cc(N(c3ccccc3)c3ccccc3)cc3c2B5c2ccccc2N3c2c(-c3ccccc3)cccc2-c2ccccc2)cc1. The van der Waals surface area contributed by atoms with Gasteiger partial charge in [-0.3, -0.25) is 0 Å². The number of hydrogen-bond acceptors (Lipinski definition) is 6. The van der Waals surface area contributed by atoms with E-state index in [1.807, 2.05) is 11.8 Å². The molecule has 5 nitrogen and oxygen atoms in total. The second-order valence-electron chi connectivity index (χ2n) is 30.1. The highest BCUT2D eigenvalue weighted by Crippen LogP contribution is 2.57. The smallest absolute Gasteiger partial charge is 0.252 e. The van der Waals surface area contributed by atoms with Gasteiger partial charge < -0.3 is 24.5 Å². The van der Waals surface area contributed by atoms with Crippen molar-refractivity contribution in [3.8, 4) is 66.8 Å². The van der Waals surface area contributed by atoms with E-state index in [9.17, 15) is 0 Å². The van der Waals surface area contributed by atoms with Gasteiger partial charge in [0.25, 0.3) is 6.71 Å². The minimum absolute atomic E-state index is 0.228. The minimum atomic E-state index is -0.298. The molecule has 0 saturated heterocycles. The Labute approximate surface area is 682 Å². The quantitative estimate of drug-likeness (QED) is 0.0944. The summed E-state index contributed by atoms with van der Waals surface area (Å²) in [4.78, 5) is 15.3. The molecule has 0 amide bonds. The normalized spacial score (nSPS) is 12.5. The molecule has 22 rings (SSSR count). The molecule has 0 aromatic heterocycles. The Morgan fingerprint density at radius 2 is 0.448 bits per heavy atom. The third-order valence-corrected chi connectivity index (χ3v) is 24.7. The Bertz CT molecular complexity index is 6500. The van der Waals surface area contributed by atoms with Crippen LogP contribution in [0.15, 0.2) is 453 Å². The van der Waals surface area contributed by atoms with Crippen LogP contribution in [0.3, 0.4) is 0 Å². The molecule has 18 aromatic carbocycles. The monoisotopic (exact) mass is 1490 g/mol. The summed E-state index contributed by atoms with van der Waals surface area (Å²) >= 11 is 1.91. The lowest BCUT2D eigenvalue weighted by Crippen LogP contribution is -2.64. The average Bonchev–Trinajstić information content (AvgIpc) is 0.682. The molecule has 0 N–H and O–H groups in total. The molecule has 0 spiro atoms. The molecular formula is C108H73B2N5S. The van der Waals surface area contributed by atoms with Crippen LogP contribution in [0.1, 0.15) is 0 Å². The first-order valence-corrected chi connectivity index (χ1v) is 40.8. The van der Waals surface area contributed by atoms with Gasteiger partial charge >= 0.3 is 0 Å². The molecule has 0 saturated carbocycles. The fraction of sp³-hybridized carbons (Fsp3) is 0. The second-order valence-corrected chi connectivity index (χ2v) is 31.2. The van der Waals surface area contributed by atoms with Crippen molar-refractivity contribution >= 4 is 143 Å². The van der Waals surface area contributed by atoms with Crippen LogP contribution in [0.25, 0.3) is 66.8 Å². The second kappa shape index (κ2) is 28.9. The zero-order chi connectivity index (χ0) is 76.6. The van der Waals surface area contributed by atoms with Gasteiger partial charge in [-0.1, -0.05) is 369 Å². The van der Waals surface area contributed by atoms with Gasteiger partial charge in [0.15, 0.2) is 0 Å². The van der Waals surface area contributed by atoms with Crippen molar-refractivity contribution in [1.29, 1.82) is 0 Å². The van der Waals surface area contributed by atoms with Crippen molar-refractivity contribution in [2.45, 2.75) is 9.79 Å². The molecular weight excluding hydrogens is 1420 g/mol. The van der Waals surface area contributed by atoms with Crippen LogP contribution in [0, 0.1) is 0 Å². The Morgan fingerprint density at radius 3 is 0.776 bits per heavy atom. The summed E-state index contributed by atoms with van der Waals surface area (Å²) in [6.07, 6.45) is 0. The van der Waals surface area contributed by atoms with E-state index in [2.05, 4.69) is 467 Å². The molecule has 18 aromatic rings. The van der Waals surface area contributed by atoms with Gasteiger partial charge in [-0.15, -0.1) is 0 Å². The standard InChI is InChI=1S/C108H73B2N5S/c1-11-38-74(39-12-1)86-58-35-59-87(75-40-13-2-14-41-75)106(86)113-96-66-33-31-64-92(96)109-94-72-95-102(73-98(94)115(108-90(78-46-19-5-20-47-78)62-37-63-91(108)79-48-21-6-22-49-79)100-69-84(68-99(113)104(100)109)111(80-50-23-7-24-51-80)81-52-25-8-26-53-81)116-103-71-85(112(82-54-27-9-28-55-82)83-56-29-10-30-57-83)70-101-105(103)110(95)93-65-32-34-67-97(93)114(101)107-88(76-42-15-3-16-43-76)60-36-61-89(107)77-44-17-4-18-45-77/h1-73H. The summed E-state index contributed by atoms with van der Waals surface area (Å²) < 4.78 is 0. The molecule has 542 valence electrons. The van der Waals surface area contributed by atoms with Crippen LogP contribution in [0.2, 0.25) is 0 Å². The van der Waals surface area contributed by atoms with Gasteiger partial charge in [-0.2, -0.15) is 0 Å². The molecule has 0 bridgehead atoms. The molecule has 0 aliphatic carbocycles. The molecule has 0 unspecified atom stereocenters. The van der Waals surface area contributed by atoms with Gasteiger partial charge in [0.1, 0.15) is 0 Å². The van der Waals surface area contributed by atoms with E-state index < -0.39 is 0 Å². The maximum Gasteiger partial charge on any atom is 0.252 e. The van der Waals surface area contributed by atoms with E-state index in [0.29, 0.717) is 0 Å². The zero-order valence-electron chi connectivity index (χ0n) is 63.4. The zero-order valence-corrected chi connectivity index (χ0v) is 64.3. The Hall–Kier alpha value is -14.6. The van der Waals surface area contributed by atoms with Crippen molar-refractivity contribution < 1.29 is 0 Å². The lowest BCUT2D eigenvalue weighted by atomic mass is 9.31. The lowest BCUT2D eigenvalue weighted by Gasteiger charge is -2.47. The Kier molecular flexibility index (Phi) is 17.0. The largest absolute Gasteiger partial charge is 0.310 e. The number of nitrogens with zero attached hydrogens (tertiary/aromatic N) is 5. The Morgan fingerprint density at radius 1 is 0.181 bits per heavy atom. The van der Waals surface area contributed by atoms with Crippen LogP contribution in [-0.4, -0.2) is 13.4 Å². The maximum absolute atomic E-state index is 2.72. The average molecular weight is 1490 g/mol. The number of anilines is 15. The molecule has 8 heteroatoms. The first-order chi connectivity index (χ1) is 57.6. The lowest BCUT2D eigenvalue weighted by molar-refractivity contribution is 1.22. The maximum atomic E-state index is 2.72. The highest BCUT2D eigenvalue weighted by Gasteiger charge is 2.49. The van der Waals surface area contributed by atoms with Crippen LogP contribution >= 0.6 is 11.8 Å². The van der Waals surface area contributed by atoms with Crippen LogP contribution in [0.4, 0.5) is 85.3 Å². The van der Waals surface area contributed by atoms with E-state index in [-0.39, 0.29) is 13.4 Å². The van der Waals surface area contributed by atoms with E-state index in [1.165, 1.54) is 42.6 Å². The van der Waals surface area contributed by atoms with E-state index in [1.54, 1.807) is 0 Å². The number of rotatable bonds is 15. The van der Waals surface area contributed by atoms with E-state index in [4.69, 9.17) is 0 Å². The number of para-hydroxylation sites is 9. The summed E-state index contributed by atoms with van der Waals surface area (Å²) in [5.41, 5.74) is 37.3. The summed E-state index contributed by atoms with van der Waals surface area (Å²) in [5, 5.41) is 0. The number of fused-ring (bicyclic) bond motifs is 8. The van der Waals surface area contributed by atoms with Crippen molar-refractivity contribution in [3.63, 3.8) is 0 Å². The number of benzene rings is 18. The summed E-state index contributed by atoms with van der Waals surface area (Å²) in [6, 6.07) is 165. The first-order valence-electron chi connectivity index (χ1n) is 40.0. The van der Waals surface area contributed by atoms with Crippen molar-refractivity contribution in [2.24, 2.45) is 0 Å². The fourth-order valence-corrected chi connectivity index (χ4v) is 20.0. The molecule has 0 fully saturated rings. The fourth-order valence-electron chi connectivity index (χ4n) is 18.8. The summed E-state index contributed by atoms with van der Waals surface area (Å²) in [5.74, 6) is 0. The van der Waals surface area contributed by atoms with Crippen molar-refractivity contribution in [3.05, 3.63) is 443 Å². The molecule has 4 aliphatic heterocycles.